The van der Waals surface area contributed by atoms with Crippen LogP contribution in [-0.4, -0.2) is 27.3 Å². The molecule has 2 heteroatoms. The van der Waals surface area contributed by atoms with Gasteiger partial charge < -0.3 is 0 Å². The molecular weight excluding hydrogens is 385 g/mol. The molecule has 2 rings (SSSR count). The van der Waals surface area contributed by atoms with Gasteiger partial charge in [-0.3, -0.25) is 0 Å². The van der Waals surface area contributed by atoms with Gasteiger partial charge in [0.2, 0.25) is 0 Å². The van der Waals surface area contributed by atoms with Gasteiger partial charge in [0, 0.05) is 0 Å². The summed E-state index contributed by atoms with van der Waals surface area (Å²) in [4.78, 5) is 10.5. The Morgan fingerprint density at radius 2 is 1.13 bits per heavy atom. The molecule has 0 radical (unpaired) electrons. The monoisotopic (exact) mass is 417 g/mol. The number of hydrogen-bond donors (Lipinski definition) is 0. The second-order valence-corrected chi connectivity index (χ2v) is 23.1. The van der Waals surface area contributed by atoms with Gasteiger partial charge >= 0.3 is 147 Å². The second kappa shape index (κ2) is 8.34. The third-order valence-electron chi connectivity index (χ3n) is 4.37. The van der Waals surface area contributed by atoms with Crippen LogP contribution in [0.25, 0.3) is 0 Å². The van der Waals surface area contributed by atoms with E-state index in [-0.39, 0.29) is 0 Å². The van der Waals surface area contributed by atoms with Gasteiger partial charge in [-0.05, 0) is 0 Å². The van der Waals surface area contributed by atoms with Crippen molar-refractivity contribution < 1.29 is 0 Å². The molecule has 1 nitrogen and oxygen atoms in total. The van der Waals surface area contributed by atoms with Crippen molar-refractivity contribution in [3.63, 3.8) is 0 Å². The molecule has 0 saturated heterocycles. The van der Waals surface area contributed by atoms with E-state index in [9.17, 15) is 0 Å². The molecule has 0 aliphatic heterocycles. The average molecular weight is 416 g/mol. The Labute approximate surface area is 146 Å². The summed E-state index contributed by atoms with van der Waals surface area (Å²) in [5.41, 5.74) is 2.84. The van der Waals surface area contributed by atoms with Crippen LogP contribution in [0.1, 0.15) is 25.0 Å². The first kappa shape index (κ1) is 18.5. The fourth-order valence-corrected chi connectivity index (χ4v) is 13.2. The fourth-order valence-electron chi connectivity index (χ4n) is 3.86. The number of benzene rings is 2. The van der Waals surface area contributed by atoms with Crippen LogP contribution in [0.15, 0.2) is 60.7 Å². The SMILES string of the molecule is CC(C)[CH](N(Cc1ccccc1)Cc1ccccc1)[Sn]([CH3])([CH3])[CH3]. The van der Waals surface area contributed by atoms with Gasteiger partial charge in [0.25, 0.3) is 0 Å². The van der Waals surface area contributed by atoms with Crippen molar-refractivity contribution in [1.29, 1.82) is 0 Å². The van der Waals surface area contributed by atoms with Crippen LogP contribution in [-0.2, 0) is 13.1 Å². The molecule has 0 N–H and O–H groups in total. The normalized spacial score (nSPS) is 13.5. The Hall–Kier alpha value is -0.801. The zero-order valence-corrected chi connectivity index (χ0v) is 18.1. The first-order chi connectivity index (χ1) is 10.9. The first-order valence-corrected chi connectivity index (χ1v) is 18.9. The van der Waals surface area contributed by atoms with E-state index in [4.69, 9.17) is 0 Å². The first-order valence-electron chi connectivity index (χ1n) is 8.70. The minimum atomic E-state index is -2.08. The van der Waals surface area contributed by atoms with E-state index in [2.05, 4.69) is 94.2 Å². The van der Waals surface area contributed by atoms with Crippen molar-refractivity contribution in [2.75, 3.05) is 0 Å². The molecule has 0 aliphatic rings. The molecule has 0 amide bonds. The minimum absolute atomic E-state index is 0.707. The second-order valence-electron chi connectivity index (χ2n) is 7.93. The number of nitrogens with zero attached hydrogens (tertiary/aromatic N) is 1. The summed E-state index contributed by atoms with van der Waals surface area (Å²) < 4.78 is 0.740. The predicted octanol–water partition coefficient (Wildman–Crippen LogP) is 5.59. The fraction of sp³-hybridized carbons (Fsp3) is 0.429. The summed E-state index contributed by atoms with van der Waals surface area (Å²) in [5, 5.41) is 0. The van der Waals surface area contributed by atoms with E-state index >= 15 is 0 Å². The summed E-state index contributed by atoms with van der Waals surface area (Å²) in [6.07, 6.45) is 0. The summed E-state index contributed by atoms with van der Waals surface area (Å²) in [6.45, 7) is 6.89. The van der Waals surface area contributed by atoms with Gasteiger partial charge in [0.15, 0.2) is 0 Å². The van der Waals surface area contributed by atoms with Gasteiger partial charge in [-0.15, -0.1) is 0 Å². The standard InChI is InChI=1S/C18H22N.3CH3.Sn/c1-16(2)13-19(14-17-9-5-3-6-10-17)15-18-11-7-4-8-12-18;;;;/h3-13,16H,14-15H2,1-2H3;3*1H3;. The maximum atomic E-state index is 2.74. The van der Waals surface area contributed by atoms with Crippen molar-refractivity contribution in [2.45, 2.75) is 45.8 Å². The number of hydrogen-bond acceptors (Lipinski definition) is 1. The quantitative estimate of drug-likeness (QED) is 0.532. The molecule has 0 aromatic heterocycles. The molecule has 1 unspecified atom stereocenters. The van der Waals surface area contributed by atoms with E-state index in [1.807, 2.05) is 0 Å². The Balaban J connectivity index is 2.29. The molecule has 23 heavy (non-hydrogen) atoms. The molecule has 0 aliphatic carbocycles. The Morgan fingerprint density at radius 1 is 0.739 bits per heavy atom. The zero-order chi connectivity index (χ0) is 16.9. The van der Waals surface area contributed by atoms with Crippen LogP contribution in [0.3, 0.4) is 0 Å². The summed E-state index contributed by atoms with van der Waals surface area (Å²) in [5.74, 6) is 0.707. The van der Waals surface area contributed by atoms with Crippen molar-refractivity contribution >= 4 is 18.4 Å². The average Bonchev–Trinajstić information content (AvgIpc) is 2.47. The van der Waals surface area contributed by atoms with Crippen LogP contribution < -0.4 is 0 Å². The Bertz CT molecular complexity index is 530. The van der Waals surface area contributed by atoms with Crippen LogP contribution in [0.4, 0.5) is 0 Å². The van der Waals surface area contributed by atoms with Crippen molar-refractivity contribution in [3.8, 4) is 0 Å². The molecule has 2 aromatic carbocycles. The Morgan fingerprint density at radius 3 is 1.43 bits per heavy atom. The van der Waals surface area contributed by atoms with Crippen molar-refractivity contribution in [3.05, 3.63) is 71.8 Å². The van der Waals surface area contributed by atoms with E-state index in [1.54, 1.807) is 0 Å². The van der Waals surface area contributed by atoms with Crippen LogP contribution in [0.2, 0.25) is 14.8 Å². The molecule has 124 valence electrons. The summed E-state index contributed by atoms with van der Waals surface area (Å²) >= 11 is -2.08. The third-order valence-corrected chi connectivity index (χ3v) is 12.4. The third kappa shape index (κ3) is 5.65. The van der Waals surface area contributed by atoms with E-state index in [0.29, 0.717) is 5.92 Å². The maximum absolute atomic E-state index is 2.74. The summed E-state index contributed by atoms with van der Waals surface area (Å²) in [7, 11) is 0. The van der Waals surface area contributed by atoms with E-state index in [0.717, 1.165) is 17.1 Å². The van der Waals surface area contributed by atoms with Gasteiger partial charge in [0.1, 0.15) is 0 Å². The molecule has 0 bridgehead atoms. The molecule has 0 fully saturated rings. The van der Waals surface area contributed by atoms with Gasteiger partial charge in [-0.2, -0.15) is 0 Å². The van der Waals surface area contributed by atoms with Gasteiger partial charge in [0.05, 0.1) is 0 Å². The number of rotatable bonds is 7. The van der Waals surface area contributed by atoms with Crippen molar-refractivity contribution in [2.24, 2.45) is 5.92 Å². The molecule has 1 atom stereocenters. The van der Waals surface area contributed by atoms with E-state index < -0.39 is 18.4 Å². The van der Waals surface area contributed by atoms with Crippen molar-refractivity contribution in [1.82, 2.24) is 4.90 Å². The van der Waals surface area contributed by atoms with E-state index in [1.165, 1.54) is 11.1 Å². The van der Waals surface area contributed by atoms with Gasteiger partial charge in [-0.25, -0.2) is 0 Å². The molecular formula is C21H31NSn. The van der Waals surface area contributed by atoms with Crippen LogP contribution in [0, 0.1) is 5.92 Å². The zero-order valence-electron chi connectivity index (χ0n) is 15.3. The molecule has 0 heterocycles. The Kier molecular flexibility index (Phi) is 6.72. The topological polar surface area (TPSA) is 3.24 Å². The molecule has 0 saturated carbocycles. The van der Waals surface area contributed by atoms with Crippen LogP contribution >= 0.6 is 0 Å². The van der Waals surface area contributed by atoms with Gasteiger partial charge in [-0.1, -0.05) is 0 Å². The molecule has 2 aromatic rings. The predicted molar refractivity (Wildman–Crippen MR) is 104 cm³/mol. The summed E-state index contributed by atoms with van der Waals surface area (Å²) in [6, 6.07) is 21.9. The molecule has 0 spiro atoms. The van der Waals surface area contributed by atoms with Crippen LogP contribution in [0.5, 0.6) is 0 Å².